The summed E-state index contributed by atoms with van der Waals surface area (Å²) in [6, 6.07) is 17.1. The summed E-state index contributed by atoms with van der Waals surface area (Å²) in [5.74, 6) is -0.290. The number of hydrogen-bond donors (Lipinski definition) is 0. The smallest absolute Gasteiger partial charge is 0.138 e. The summed E-state index contributed by atoms with van der Waals surface area (Å²) in [7, 11) is 0. The van der Waals surface area contributed by atoms with E-state index in [1.54, 1.807) is 23.9 Å². The van der Waals surface area contributed by atoms with Gasteiger partial charge in [0.05, 0.1) is 19.3 Å². The monoisotopic (exact) mass is 356 g/mol. The minimum atomic E-state index is -0.821. The van der Waals surface area contributed by atoms with Gasteiger partial charge in [0.1, 0.15) is 11.4 Å². The largest absolute Gasteiger partial charge is 0.379 e. The van der Waals surface area contributed by atoms with Crippen molar-refractivity contribution in [2.24, 2.45) is 0 Å². The third-order valence-corrected chi connectivity index (χ3v) is 5.42. The quantitative estimate of drug-likeness (QED) is 0.763. The molecule has 2 aromatic rings. The number of benzene rings is 2. The molecule has 1 aliphatic rings. The lowest BCUT2D eigenvalue weighted by atomic mass is 9.83. The number of morpholine rings is 1. The molecule has 1 aliphatic heterocycles. The summed E-state index contributed by atoms with van der Waals surface area (Å²) in [6.07, 6.45) is 2.60. The van der Waals surface area contributed by atoms with Crippen LogP contribution in [0.5, 0.6) is 0 Å². The Balaban J connectivity index is 2.00. The van der Waals surface area contributed by atoms with Crippen molar-refractivity contribution in [3.63, 3.8) is 0 Å². The first-order valence-electron chi connectivity index (χ1n) is 8.31. The fourth-order valence-corrected chi connectivity index (χ4v) is 3.69. The molecular weight excluding hydrogens is 335 g/mol. The van der Waals surface area contributed by atoms with Gasteiger partial charge in [-0.3, -0.25) is 4.90 Å². The zero-order valence-corrected chi connectivity index (χ0v) is 15.1. The number of ether oxygens (including phenoxy) is 1. The van der Waals surface area contributed by atoms with Crippen molar-refractivity contribution in [3.05, 3.63) is 65.5 Å². The van der Waals surface area contributed by atoms with Gasteiger partial charge < -0.3 is 4.74 Å². The van der Waals surface area contributed by atoms with Crippen LogP contribution in [-0.2, 0) is 16.7 Å². The number of hydrogen-bond acceptors (Lipinski definition) is 4. The normalized spacial score (nSPS) is 17.6. The molecular formula is C20H21FN2OS. The highest BCUT2D eigenvalue weighted by Gasteiger charge is 2.40. The van der Waals surface area contributed by atoms with Gasteiger partial charge in [-0.2, -0.15) is 5.26 Å². The molecule has 0 saturated carbocycles. The fourth-order valence-electron chi connectivity index (χ4n) is 3.28. The summed E-state index contributed by atoms with van der Waals surface area (Å²) in [5, 5.41) is 10.2. The summed E-state index contributed by atoms with van der Waals surface area (Å²) in [5.41, 5.74) is 1.10. The summed E-state index contributed by atoms with van der Waals surface area (Å²) in [4.78, 5) is 3.35. The SMILES string of the molecule is CSc1ccc(CC(C#N)(c2ccc(F)cc2)N2CCOCC2)cc1. The van der Waals surface area contributed by atoms with Crippen molar-refractivity contribution in [1.29, 1.82) is 5.26 Å². The first-order valence-corrected chi connectivity index (χ1v) is 9.53. The molecule has 3 rings (SSSR count). The van der Waals surface area contributed by atoms with E-state index in [1.165, 1.54) is 17.0 Å². The molecule has 1 saturated heterocycles. The van der Waals surface area contributed by atoms with E-state index in [1.807, 2.05) is 6.26 Å². The van der Waals surface area contributed by atoms with Gasteiger partial charge in [-0.25, -0.2) is 4.39 Å². The third-order valence-electron chi connectivity index (χ3n) is 4.68. The lowest BCUT2D eigenvalue weighted by Gasteiger charge is -2.41. The van der Waals surface area contributed by atoms with Crippen molar-refractivity contribution in [3.8, 4) is 6.07 Å². The molecule has 130 valence electrons. The number of rotatable bonds is 5. The Bertz CT molecular complexity index is 736. The molecule has 0 N–H and O–H groups in total. The van der Waals surface area contributed by atoms with Gasteiger partial charge in [0, 0.05) is 24.4 Å². The molecule has 25 heavy (non-hydrogen) atoms. The fraction of sp³-hybridized carbons (Fsp3) is 0.350. The highest BCUT2D eigenvalue weighted by Crippen LogP contribution is 2.33. The lowest BCUT2D eigenvalue weighted by molar-refractivity contribution is -0.00518. The third kappa shape index (κ3) is 3.87. The molecule has 0 bridgehead atoms. The second-order valence-corrected chi connectivity index (χ2v) is 6.98. The van der Waals surface area contributed by atoms with Gasteiger partial charge in [0.25, 0.3) is 0 Å². The molecule has 0 aliphatic carbocycles. The molecule has 0 spiro atoms. The molecule has 1 unspecified atom stereocenters. The van der Waals surface area contributed by atoms with E-state index in [2.05, 4.69) is 35.2 Å². The number of halogens is 1. The van der Waals surface area contributed by atoms with Crippen molar-refractivity contribution in [2.75, 3.05) is 32.6 Å². The minimum Gasteiger partial charge on any atom is -0.379 e. The van der Waals surface area contributed by atoms with Crippen LogP contribution in [0.1, 0.15) is 11.1 Å². The average Bonchev–Trinajstić information content (AvgIpc) is 2.68. The Labute approximate surface area is 152 Å². The van der Waals surface area contributed by atoms with Crippen LogP contribution in [-0.4, -0.2) is 37.5 Å². The van der Waals surface area contributed by atoms with E-state index < -0.39 is 5.54 Å². The van der Waals surface area contributed by atoms with Gasteiger partial charge >= 0.3 is 0 Å². The summed E-state index contributed by atoms with van der Waals surface area (Å²) in [6.45, 7) is 2.59. The molecule has 5 heteroatoms. The van der Waals surface area contributed by atoms with Crippen molar-refractivity contribution in [1.82, 2.24) is 4.90 Å². The predicted molar refractivity (Wildman–Crippen MR) is 98.0 cm³/mol. The van der Waals surface area contributed by atoms with Crippen LogP contribution >= 0.6 is 11.8 Å². The second kappa shape index (κ2) is 8.01. The van der Waals surface area contributed by atoms with Crippen LogP contribution in [0.15, 0.2) is 53.4 Å². The highest BCUT2D eigenvalue weighted by atomic mass is 32.2. The van der Waals surface area contributed by atoms with E-state index in [9.17, 15) is 9.65 Å². The molecule has 3 nitrogen and oxygen atoms in total. The Morgan fingerprint density at radius 3 is 2.32 bits per heavy atom. The number of nitriles is 1. The minimum absolute atomic E-state index is 0.290. The van der Waals surface area contributed by atoms with Crippen molar-refractivity contribution in [2.45, 2.75) is 16.9 Å². The second-order valence-electron chi connectivity index (χ2n) is 6.10. The Morgan fingerprint density at radius 2 is 1.76 bits per heavy atom. The van der Waals surface area contributed by atoms with E-state index >= 15 is 0 Å². The Morgan fingerprint density at radius 1 is 1.12 bits per heavy atom. The summed E-state index contributed by atoms with van der Waals surface area (Å²) < 4.78 is 18.9. The zero-order chi connectivity index (χ0) is 17.7. The molecule has 0 amide bonds. The van der Waals surface area contributed by atoms with Crippen LogP contribution in [0.4, 0.5) is 4.39 Å². The first-order chi connectivity index (χ1) is 12.2. The van der Waals surface area contributed by atoms with Gasteiger partial charge in [-0.05, 0) is 41.6 Å². The molecule has 1 fully saturated rings. The van der Waals surface area contributed by atoms with Gasteiger partial charge in [0.2, 0.25) is 0 Å². The van der Waals surface area contributed by atoms with Crippen molar-refractivity contribution < 1.29 is 9.13 Å². The van der Waals surface area contributed by atoms with Crippen LogP contribution in [0.25, 0.3) is 0 Å². The standard InChI is InChI=1S/C20H21FN2OS/c1-25-19-8-2-16(3-9-19)14-20(15-22,23-10-12-24-13-11-23)17-4-6-18(21)7-5-17/h2-9H,10-14H2,1H3. The zero-order valence-electron chi connectivity index (χ0n) is 14.2. The topological polar surface area (TPSA) is 36.3 Å². The van der Waals surface area contributed by atoms with Crippen LogP contribution in [0, 0.1) is 17.1 Å². The van der Waals surface area contributed by atoms with Crippen LogP contribution in [0.3, 0.4) is 0 Å². The Kier molecular flexibility index (Phi) is 5.74. The predicted octanol–water partition coefficient (Wildman–Crippen LogP) is 3.84. The van der Waals surface area contributed by atoms with Gasteiger partial charge in [-0.15, -0.1) is 11.8 Å². The molecule has 0 radical (unpaired) electrons. The maximum Gasteiger partial charge on any atom is 0.138 e. The number of thioether (sulfide) groups is 1. The van der Waals surface area contributed by atoms with Crippen molar-refractivity contribution >= 4 is 11.8 Å². The van der Waals surface area contributed by atoms with E-state index in [-0.39, 0.29) is 5.82 Å². The average molecular weight is 356 g/mol. The van der Waals surface area contributed by atoms with Crippen LogP contribution in [0.2, 0.25) is 0 Å². The van der Waals surface area contributed by atoms with E-state index in [4.69, 9.17) is 4.74 Å². The molecule has 0 aromatic heterocycles. The maximum atomic E-state index is 13.4. The maximum absolute atomic E-state index is 13.4. The highest BCUT2D eigenvalue weighted by molar-refractivity contribution is 7.98. The molecule has 1 heterocycles. The first kappa shape index (κ1) is 17.9. The number of nitrogens with zero attached hydrogens (tertiary/aromatic N) is 2. The Hall–Kier alpha value is -1.87. The van der Waals surface area contributed by atoms with Gasteiger partial charge in [0.15, 0.2) is 0 Å². The summed E-state index contributed by atoms with van der Waals surface area (Å²) >= 11 is 1.69. The molecule has 1 atom stereocenters. The van der Waals surface area contributed by atoms with E-state index in [0.29, 0.717) is 32.7 Å². The van der Waals surface area contributed by atoms with Crippen LogP contribution < -0.4 is 0 Å². The lowest BCUT2D eigenvalue weighted by Crippen LogP contribution is -2.52. The van der Waals surface area contributed by atoms with Gasteiger partial charge in [-0.1, -0.05) is 24.3 Å². The van der Waals surface area contributed by atoms with E-state index in [0.717, 1.165) is 11.1 Å². The molecule has 2 aromatic carbocycles.